The molecule has 0 saturated carbocycles. The normalized spacial score (nSPS) is 10.3. The lowest BCUT2D eigenvalue weighted by atomic mass is 10.1. The number of carbonyl (C=O) groups is 2. The van der Waals surface area contributed by atoms with Crippen LogP contribution >= 0.6 is 0 Å². The zero-order chi connectivity index (χ0) is 17.5. The number of urea groups is 1. The Balaban J connectivity index is 1.93. The topological polar surface area (TPSA) is 103 Å². The van der Waals surface area contributed by atoms with Crippen molar-refractivity contribution in [2.24, 2.45) is 0 Å². The van der Waals surface area contributed by atoms with Crippen molar-refractivity contribution in [3.8, 4) is 5.75 Å². The van der Waals surface area contributed by atoms with Gasteiger partial charge in [0.15, 0.2) is 11.6 Å². The lowest BCUT2D eigenvalue weighted by Gasteiger charge is -2.10. The Morgan fingerprint density at radius 1 is 1.17 bits per heavy atom. The quantitative estimate of drug-likeness (QED) is 0.676. The van der Waals surface area contributed by atoms with Crippen LogP contribution in [0.2, 0.25) is 0 Å². The molecule has 2 rings (SSSR count). The molecule has 0 fully saturated rings. The lowest BCUT2D eigenvalue weighted by molar-refractivity contribution is 0.102. The monoisotopic (exact) mass is 328 g/mol. The summed E-state index contributed by atoms with van der Waals surface area (Å²) in [7, 11) is 0. The molecule has 0 aliphatic heterocycles. The molecule has 0 aliphatic rings. The molecule has 0 saturated heterocycles. The van der Waals surface area contributed by atoms with Crippen molar-refractivity contribution >= 4 is 17.8 Å². The molecule has 0 unspecified atom stereocenters. The number of hydrogen-bond donors (Lipinski definition) is 4. The van der Waals surface area contributed by atoms with E-state index in [1.54, 1.807) is 30.3 Å². The highest BCUT2D eigenvalue weighted by Gasteiger charge is 2.10. The van der Waals surface area contributed by atoms with E-state index < -0.39 is 0 Å². The van der Waals surface area contributed by atoms with E-state index in [0.29, 0.717) is 12.1 Å². The number of amides is 3. The molecule has 4 N–H and O–H groups in total. The van der Waals surface area contributed by atoms with Crippen molar-refractivity contribution in [1.82, 2.24) is 15.6 Å². The first kappa shape index (κ1) is 17.3. The van der Waals surface area contributed by atoms with Crippen LogP contribution in [-0.4, -0.2) is 28.1 Å². The van der Waals surface area contributed by atoms with Gasteiger partial charge in [0.25, 0.3) is 5.91 Å². The second-order valence-electron chi connectivity index (χ2n) is 5.50. The first-order valence-corrected chi connectivity index (χ1v) is 7.54. The van der Waals surface area contributed by atoms with Gasteiger partial charge in [-0.15, -0.1) is 0 Å². The van der Waals surface area contributed by atoms with Gasteiger partial charge < -0.3 is 21.1 Å². The van der Waals surface area contributed by atoms with Gasteiger partial charge in [0.1, 0.15) is 0 Å². The Labute approximate surface area is 140 Å². The molecular weight excluding hydrogens is 308 g/mol. The highest BCUT2D eigenvalue weighted by atomic mass is 16.3. The van der Waals surface area contributed by atoms with E-state index >= 15 is 0 Å². The van der Waals surface area contributed by atoms with E-state index in [2.05, 4.69) is 20.9 Å². The number of aromatic hydroxyl groups is 1. The van der Waals surface area contributed by atoms with Gasteiger partial charge in [-0.2, -0.15) is 0 Å². The number of benzene rings is 1. The number of pyridine rings is 1. The van der Waals surface area contributed by atoms with Crippen molar-refractivity contribution in [2.45, 2.75) is 26.4 Å². The summed E-state index contributed by atoms with van der Waals surface area (Å²) in [5, 5.41) is 17.6. The highest BCUT2D eigenvalue weighted by molar-refractivity contribution is 6.04. The first-order valence-electron chi connectivity index (χ1n) is 7.54. The molecule has 1 heterocycles. The molecule has 1 aromatic carbocycles. The van der Waals surface area contributed by atoms with Crippen LogP contribution < -0.4 is 16.0 Å². The summed E-state index contributed by atoms with van der Waals surface area (Å²) in [4.78, 5) is 27.5. The first-order chi connectivity index (χ1) is 11.5. The van der Waals surface area contributed by atoms with E-state index in [9.17, 15) is 14.7 Å². The standard InChI is InChI=1S/C17H20N4O3/c1-11(2)20-17(24)19-10-12-5-7-13(8-6-12)16(23)21-15-14(22)4-3-9-18-15/h3-9,11,22H,10H2,1-2H3,(H,18,21,23)(H2,19,20,24). The Bertz CT molecular complexity index is 714. The number of carbonyl (C=O) groups excluding carboxylic acids is 2. The number of nitrogens with zero attached hydrogens (tertiary/aromatic N) is 1. The van der Waals surface area contributed by atoms with Crippen LogP contribution in [-0.2, 0) is 6.54 Å². The summed E-state index contributed by atoms with van der Waals surface area (Å²) in [5.74, 6) is -0.359. The number of aromatic nitrogens is 1. The van der Waals surface area contributed by atoms with Gasteiger partial charge in [-0.05, 0) is 43.7 Å². The predicted molar refractivity (Wildman–Crippen MR) is 90.8 cm³/mol. The van der Waals surface area contributed by atoms with Gasteiger partial charge in [0, 0.05) is 24.3 Å². The van der Waals surface area contributed by atoms with Gasteiger partial charge >= 0.3 is 6.03 Å². The van der Waals surface area contributed by atoms with E-state index in [-0.39, 0.29) is 29.5 Å². The number of rotatable bonds is 5. The second-order valence-corrected chi connectivity index (χ2v) is 5.50. The fourth-order valence-electron chi connectivity index (χ4n) is 1.94. The summed E-state index contributed by atoms with van der Waals surface area (Å²) < 4.78 is 0. The minimum absolute atomic E-state index is 0.0686. The van der Waals surface area contributed by atoms with E-state index in [1.807, 2.05) is 13.8 Å². The second kappa shape index (κ2) is 7.96. The lowest BCUT2D eigenvalue weighted by Crippen LogP contribution is -2.39. The minimum Gasteiger partial charge on any atom is -0.504 e. The van der Waals surface area contributed by atoms with E-state index in [1.165, 1.54) is 12.3 Å². The molecule has 7 heteroatoms. The van der Waals surface area contributed by atoms with E-state index in [4.69, 9.17) is 0 Å². The van der Waals surface area contributed by atoms with Gasteiger partial charge in [-0.25, -0.2) is 9.78 Å². The Hall–Kier alpha value is -3.09. The van der Waals surface area contributed by atoms with Crippen LogP contribution in [0.5, 0.6) is 5.75 Å². The van der Waals surface area contributed by atoms with Crippen LogP contribution in [0, 0.1) is 0 Å². The van der Waals surface area contributed by atoms with Crippen LogP contribution in [0.4, 0.5) is 10.6 Å². The maximum absolute atomic E-state index is 12.1. The molecule has 2 aromatic rings. The summed E-state index contributed by atoms with van der Waals surface area (Å²) in [6.45, 7) is 4.13. The van der Waals surface area contributed by atoms with Crippen molar-refractivity contribution in [3.63, 3.8) is 0 Å². The molecule has 0 radical (unpaired) electrons. The van der Waals surface area contributed by atoms with Gasteiger partial charge in [-0.3, -0.25) is 4.79 Å². The fraction of sp³-hybridized carbons (Fsp3) is 0.235. The molecule has 126 valence electrons. The highest BCUT2D eigenvalue weighted by Crippen LogP contribution is 2.19. The number of nitrogens with one attached hydrogen (secondary N) is 3. The molecule has 0 atom stereocenters. The van der Waals surface area contributed by atoms with Crippen LogP contribution in [0.15, 0.2) is 42.6 Å². The fourth-order valence-corrected chi connectivity index (χ4v) is 1.94. The smallest absolute Gasteiger partial charge is 0.315 e. The maximum Gasteiger partial charge on any atom is 0.315 e. The average molecular weight is 328 g/mol. The molecule has 0 bridgehead atoms. The average Bonchev–Trinajstić information content (AvgIpc) is 2.55. The molecule has 3 amide bonds. The largest absolute Gasteiger partial charge is 0.504 e. The minimum atomic E-state index is -0.374. The molecular formula is C17H20N4O3. The third kappa shape index (κ3) is 4.98. The van der Waals surface area contributed by atoms with Gasteiger partial charge in [0.2, 0.25) is 0 Å². The predicted octanol–water partition coefficient (Wildman–Crippen LogP) is 2.25. The molecule has 7 nitrogen and oxygen atoms in total. The maximum atomic E-state index is 12.1. The summed E-state index contributed by atoms with van der Waals surface area (Å²) in [5.41, 5.74) is 1.29. The molecule has 1 aromatic heterocycles. The third-order valence-electron chi connectivity index (χ3n) is 3.11. The van der Waals surface area contributed by atoms with Crippen LogP contribution in [0.25, 0.3) is 0 Å². The van der Waals surface area contributed by atoms with Gasteiger partial charge in [0.05, 0.1) is 0 Å². The number of anilines is 1. The molecule has 24 heavy (non-hydrogen) atoms. The Morgan fingerprint density at radius 3 is 2.50 bits per heavy atom. The van der Waals surface area contributed by atoms with Crippen molar-refractivity contribution in [3.05, 3.63) is 53.7 Å². The summed E-state index contributed by atoms with van der Waals surface area (Å²) >= 11 is 0. The third-order valence-corrected chi connectivity index (χ3v) is 3.11. The van der Waals surface area contributed by atoms with Crippen molar-refractivity contribution in [2.75, 3.05) is 5.32 Å². The van der Waals surface area contributed by atoms with Crippen molar-refractivity contribution < 1.29 is 14.7 Å². The SMILES string of the molecule is CC(C)NC(=O)NCc1ccc(C(=O)Nc2ncccc2O)cc1. The summed E-state index contributed by atoms with van der Waals surface area (Å²) in [6.07, 6.45) is 1.48. The molecule has 0 spiro atoms. The zero-order valence-electron chi connectivity index (χ0n) is 13.5. The van der Waals surface area contributed by atoms with Gasteiger partial charge in [-0.1, -0.05) is 12.1 Å². The Kier molecular flexibility index (Phi) is 5.73. The van der Waals surface area contributed by atoms with Crippen LogP contribution in [0.3, 0.4) is 0 Å². The van der Waals surface area contributed by atoms with Crippen molar-refractivity contribution in [1.29, 1.82) is 0 Å². The zero-order valence-corrected chi connectivity index (χ0v) is 13.5. The summed E-state index contributed by atoms with van der Waals surface area (Å²) in [6, 6.07) is 9.64. The Morgan fingerprint density at radius 2 is 1.88 bits per heavy atom. The number of hydrogen-bond acceptors (Lipinski definition) is 4. The molecule has 0 aliphatic carbocycles. The van der Waals surface area contributed by atoms with Crippen LogP contribution in [0.1, 0.15) is 29.8 Å². The van der Waals surface area contributed by atoms with E-state index in [0.717, 1.165) is 5.56 Å².